The van der Waals surface area contributed by atoms with Gasteiger partial charge in [-0.25, -0.2) is 0 Å². The number of unbranched alkanes of at least 4 members (excludes halogenated alkanes) is 4. The number of rotatable bonds is 17. The van der Waals surface area contributed by atoms with E-state index in [2.05, 4.69) is 34.6 Å². The van der Waals surface area contributed by atoms with Crippen molar-refractivity contribution in [3.05, 3.63) is 0 Å². The molecule has 2 atom stereocenters. The molecule has 0 spiro atoms. The van der Waals surface area contributed by atoms with Crippen LogP contribution in [0.1, 0.15) is 106 Å². The minimum atomic E-state index is -2.75. The molecule has 0 aromatic heterocycles. The van der Waals surface area contributed by atoms with Crippen LogP contribution < -0.4 is 0 Å². The third kappa shape index (κ3) is 9.27. The Labute approximate surface area is 170 Å². The summed E-state index contributed by atoms with van der Waals surface area (Å²) in [6.07, 6.45) is 13.9. The zero-order valence-corrected chi connectivity index (χ0v) is 20.2. The first-order valence-corrected chi connectivity index (χ1v) is 14.6. The van der Waals surface area contributed by atoms with E-state index >= 15 is 0 Å². The van der Waals surface area contributed by atoms with Gasteiger partial charge in [0.25, 0.3) is 0 Å². The summed E-state index contributed by atoms with van der Waals surface area (Å²) in [6.45, 7) is 10.1. The van der Waals surface area contributed by atoms with Gasteiger partial charge < -0.3 is 0 Å². The fraction of sp³-hybridized carbons (Fsp3) is 0.957. The molecule has 0 bridgehead atoms. The predicted molar refractivity (Wildman–Crippen MR) is 122 cm³/mol. The van der Waals surface area contributed by atoms with Gasteiger partial charge in [-0.2, -0.15) is 0 Å². The summed E-state index contributed by atoms with van der Waals surface area (Å²) < 4.78 is 6.72. The number of carbonyl (C=O) groups is 1. The zero-order valence-electron chi connectivity index (χ0n) is 19.3. The van der Waals surface area contributed by atoms with Crippen LogP contribution in [0.4, 0.5) is 0 Å². The van der Waals surface area contributed by atoms with Gasteiger partial charge in [0.15, 0.2) is 0 Å². The maximum atomic E-state index is 13.3. The van der Waals surface area contributed by atoms with E-state index in [-0.39, 0.29) is 11.9 Å². The van der Waals surface area contributed by atoms with Gasteiger partial charge in [0, 0.05) is 0 Å². The molecule has 3 nitrogen and oxygen atoms in total. The molecular formula is C23H49O3P. The van der Waals surface area contributed by atoms with Gasteiger partial charge in [-0.1, -0.05) is 0 Å². The molecule has 164 valence electrons. The first-order valence-electron chi connectivity index (χ1n) is 11.7. The third-order valence-electron chi connectivity index (χ3n) is 6.04. The molecule has 0 saturated heterocycles. The predicted octanol–water partition coefficient (Wildman–Crippen LogP) is 7.00. The molecule has 0 aliphatic rings. The van der Waals surface area contributed by atoms with Crippen LogP contribution in [0.25, 0.3) is 0 Å². The molecule has 0 saturated carbocycles. The number of aliphatic hydroxyl groups excluding tert-OH is 1. The van der Waals surface area contributed by atoms with Crippen molar-refractivity contribution in [1.29, 1.82) is 0 Å². The van der Waals surface area contributed by atoms with Crippen LogP contribution >= 0.6 is 6.83 Å². The Morgan fingerprint density at radius 1 is 0.852 bits per heavy atom. The molecule has 0 rings (SSSR count). The monoisotopic (exact) mass is 404 g/mol. The van der Waals surface area contributed by atoms with E-state index in [0.29, 0.717) is 6.16 Å². The van der Waals surface area contributed by atoms with E-state index in [1.807, 2.05) is 6.92 Å². The molecule has 1 N–H and O–H groups in total. The van der Waals surface area contributed by atoms with E-state index in [1.54, 1.807) is 0 Å². The molecule has 0 aliphatic carbocycles. The summed E-state index contributed by atoms with van der Waals surface area (Å²) >= 11 is 0. The van der Waals surface area contributed by atoms with Crippen molar-refractivity contribution in [3.8, 4) is 0 Å². The van der Waals surface area contributed by atoms with Crippen molar-refractivity contribution in [2.24, 2.45) is 5.92 Å². The maximum absolute atomic E-state index is 13.3. The van der Waals surface area contributed by atoms with Crippen molar-refractivity contribution in [3.63, 3.8) is 0 Å². The molecule has 0 fully saturated rings. The van der Waals surface area contributed by atoms with Crippen molar-refractivity contribution in [2.75, 3.05) is 24.6 Å². The van der Waals surface area contributed by atoms with Crippen LogP contribution in [0.15, 0.2) is 0 Å². The second-order valence-corrected chi connectivity index (χ2v) is 14.4. The Kier molecular flexibility index (Phi) is 13.9. The second-order valence-electron chi connectivity index (χ2n) is 8.78. The molecule has 0 radical (unpaired) electrons. The fourth-order valence-electron chi connectivity index (χ4n) is 4.39. The summed E-state index contributed by atoms with van der Waals surface area (Å²) in [5.74, 6) is 0.0536. The van der Waals surface area contributed by atoms with Crippen molar-refractivity contribution in [2.45, 2.75) is 112 Å². The second kappa shape index (κ2) is 13.9. The quantitative estimate of drug-likeness (QED) is 0.266. The van der Waals surface area contributed by atoms with E-state index < -0.39 is 12.9 Å². The van der Waals surface area contributed by atoms with Crippen molar-refractivity contribution >= 4 is 12.8 Å². The SMILES string of the molecule is CCCCC(CC)C(=O)OP(CCCC)(CCCC)(CCCC)CC(C)O. The van der Waals surface area contributed by atoms with Gasteiger partial charge in [-0.15, -0.1) is 0 Å². The molecular weight excluding hydrogens is 355 g/mol. The normalized spacial score (nSPS) is 15.7. The van der Waals surface area contributed by atoms with Crippen LogP contribution in [0, 0.1) is 5.92 Å². The fourth-order valence-corrected chi connectivity index (χ4v) is 11.3. The van der Waals surface area contributed by atoms with Gasteiger partial charge in [0.2, 0.25) is 0 Å². The minimum absolute atomic E-state index is 0.0188. The average Bonchev–Trinajstić information content (AvgIpc) is 2.63. The van der Waals surface area contributed by atoms with E-state index in [9.17, 15) is 9.90 Å². The van der Waals surface area contributed by atoms with E-state index in [0.717, 1.165) is 82.7 Å². The molecule has 0 heterocycles. The van der Waals surface area contributed by atoms with Crippen molar-refractivity contribution < 1.29 is 14.4 Å². The van der Waals surface area contributed by atoms with E-state index in [4.69, 9.17) is 4.52 Å². The summed E-state index contributed by atoms with van der Waals surface area (Å²) in [6, 6.07) is 0. The summed E-state index contributed by atoms with van der Waals surface area (Å²) in [4.78, 5) is 13.3. The molecule has 0 aliphatic heterocycles. The first kappa shape index (κ1) is 26.9. The van der Waals surface area contributed by atoms with Gasteiger partial charge in [0.1, 0.15) is 0 Å². The number of carbonyl (C=O) groups excluding carboxylic acids is 1. The Morgan fingerprint density at radius 3 is 1.63 bits per heavy atom. The topological polar surface area (TPSA) is 46.5 Å². The summed E-state index contributed by atoms with van der Waals surface area (Å²) in [5, 5.41) is 10.4. The van der Waals surface area contributed by atoms with Crippen LogP contribution in [-0.4, -0.2) is 41.8 Å². The molecule has 4 heteroatoms. The summed E-state index contributed by atoms with van der Waals surface area (Å²) in [7, 11) is 0. The Morgan fingerprint density at radius 2 is 1.30 bits per heavy atom. The van der Waals surface area contributed by atoms with Crippen LogP contribution in [0.2, 0.25) is 0 Å². The molecule has 2 unspecified atom stereocenters. The van der Waals surface area contributed by atoms with Crippen molar-refractivity contribution in [1.82, 2.24) is 0 Å². The summed E-state index contributed by atoms with van der Waals surface area (Å²) in [5.41, 5.74) is 0. The number of hydrogen-bond acceptors (Lipinski definition) is 3. The van der Waals surface area contributed by atoms with E-state index in [1.165, 1.54) is 0 Å². The van der Waals surface area contributed by atoms with Gasteiger partial charge in [-0.05, 0) is 0 Å². The van der Waals surface area contributed by atoms with Gasteiger partial charge in [0.05, 0.1) is 0 Å². The molecule has 0 aromatic rings. The Hall–Kier alpha value is -0.140. The number of aliphatic hydroxyl groups is 1. The van der Waals surface area contributed by atoms with Crippen LogP contribution in [0.3, 0.4) is 0 Å². The van der Waals surface area contributed by atoms with Gasteiger partial charge >= 0.3 is 170 Å². The van der Waals surface area contributed by atoms with Crippen LogP contribution in [-0.2, 0) is 9.32 Å². The van der Waals surface area contributed by atoms with Crippen LogP contribution in [0.5, 0.6) is 0 Å². The number of hydrogen-bond donors (Lipinski definition) is 1. The first-order chi connectivity index (χ1) is 12.8. The molecule has 0 aromatic carbocycles. The average molecular weight is 405 g/mol. The Balaban J connectivity index is 5.91. The Bertz CT molecular complexity index is 371. The standard InChI is InChI=1S/C23H49O3P/c1-7-12-16-22(11-5)23(25)26-27(17-13-8-2,18-14-9-3,19-15-10-4)20-21(6)24/h21-22,24H,7-20H2,1-6H3. The van der Waals surface area contributed by atoms with Gasteiger partial charge in [-0.3, -0.25) is 0 Å². The molecule has 0 amide bonds. The zero-order chi connectivity index (χ0) is 20.8. The third-order valence-corrected chi connectivity index (χ3v) is 12.5. The molecule has 27 heavy (non-hydrogen) atoms.